The summed E-state index contributed by atoms with van der Waals surface area (Å²) in [5.41, 5.74) is 3.31. The van der Waals surface area contributed by atoms with Gasteiger partial charge in [-0.3, -0.25) is 4.79 Å². The SMILES string of the molecule is O=C(/C=C/N1CCCc2ccccc21)c1ccccc1. The molecular formula is C18H17NO. The zero-order valence-corrected chi connectivity index (χ0v) is 11.3. The lowest BCUT2D eigenvalue weighted by atomic mass is 10.0. The molecule has 0 saturated heterocycles. The molecular weight excluding hydrogens is 246 g/mol. The van der Waals surface area contributed by atoms with Crippen molar-refractivity contribution >= 4 is 11.5 Å². The highest BCUT2D eigenvalue weighted by atomic mass is 16.1. The standard InChI is InChI=1S/C18H17NO/c20-18(16-8-2-1-3-9-16)12-14-19-13-6-10-15-7-4-5-11-17(15)19/h1-5,7-9,11-12,14H,6,10,13H2/b14-12+. The normalized spacial score (nSPS) is 14.3. The van der Waals surface area contributed by atoms with Crippen molar-refractivity contribution in [3.05, 3.63) is 78.0 Å². The zero-order valence-electron chi connectivity index (χ0n) is 11.3. The summed E-state index contributed by atoms with van der Waals surface area (Å²) in [4.78, 5) is 14.3. The summed E-state index contributed by atoms with van der Waals surface area (Å²) in [5, 5.41) is 0. The minimum absolute atomic E-state index is 0.0497. The number of nitrogens with zero attached hydrogens (tertiary/aromatic N) is 1. The van der Waals surface area contributed by atoms with E-state index in [1.165, 1.54) is 11.3 Å². The molecule has 0 aliphatic carbocycles. The molecule has 3 rings (SSSR count). The summed E-state index contributed by atoms with van der Waals surface area (Å²) in [5.74, 6) is 0.0497. The molecule has 1 aliphatic rings. The molecule has 2 aromatic rings. The molecule has 1 heterocycles. The van der Waals surface area contributed by atoms with Gasteiger partial charge in [-0.05, 0) is 24.5 Å². The maximum absolute atomic E-state index is 12.1. The highest BCUT2D eigenvalue weighted by Crippen LogP contribution is 2.26. The first-order valence-corrected chi connectivity index (χ1v) is 6.97. The molecule has 0 bridgehead atoms. The van der Waals surface area contributed by atoms with Gasteiger partial charge in [0.1, 0.15) is 0 Å². The van der Waals surface area contributed by atoms with Crippen LogP contribution in [0.15, 0.2) is 66.9 Å². The lowest BCUT2D eigenvalue weighted by Crippen LogP contribution is -2.23. The highest BCUT2D eigenvalue weighted by molar-refractivity contribution is 6.04. The summed E-state index contributed by atoms with van der Waals surface area (Å²) >= 11 is 0. The van der Waals surface area contributed by atoms with E-state index < -0.39 is 0 Å². The van der Waals surface area contributed by atoms with Crippen molar-refractivity contribution < 1.29 is 4.79 Å². The van der Waals surface area contributed by atoms with Crippen LogP contribution in [0.4, 0.5) is 5.69 Å². The molecule has 2 nitrogen and oxygen atoms in total. The van der Waals surface area contributed by atoms with Crippen LogP contribution in [-0.2, 0) is 6.42 Å². The number of para-hydroxylation sites is 1. The summed E-state index contributed by atoms with van der Waals surface area (Å²) in [6, 6.07) is 17.8. The average Bonchev–Trinajstić information content (AvgIpc) is 2.53. The Morgan fingerprint density at radius 1 is 1.00 bits per heavy atom. The van der Waals surface area contributed by atoms with Gasteiger partial charge in [0.15, 0.2) is 5.78 Å². The predicted octanol–water partition coefficient (Wildman–Crippen LogP) is 3.84. The van der Waals surface area contributed by atoms with Gasteiger partial charge in [-0.15, -0.1) is 0 Å². The molecule has 0 amide bonds. The Morgan fingerprint density at radius 2 is 1.75 bits per heavy atom. The monoisotopic (exact) mass is 263 g/mol. The molecule has 0 radical (unpaired) electrons. The van der Waals surface area contributed by atoms with Gasteiger partial charge in [0.05, 0.1) is 0 Å². The number of carbonyl (C=O) groups is 1. The van der Waals surface area contributed by atoms with Crippen molar-refractivity contribution in [2.24, 2.45) is 0 Å². The van der Waals surface area contributed by atoms with Crippen LogP contribution in [0.5, 0.6) is 0 Å². The van der Waals surface area contributed by atoms with Crippen LogP contribution in [0, 0.1) is 0 Å². The van der Waals surface area contributed by atoms with Crippen molar-refractivity contribution in [1.82, 2.24) is 0 Å². The largest absolute Gasteiger partial charge is 0.348 e. The van der Waals surface area contributed by atoms with E-state index >= 15 is 0 Å². The smallest absolute Gasteiger partial charge is 0.187 e. The third kappa shape index (κ3) is 2.64. The van der Waals surface area contributed by atoms with E-state index in [4.69, 9.17) is 0 Å². The quantitative estimate of drug-likeness (QED) is 0.619. The molecule has 1 aliphatic heterocycles. The molecule has 0 fully saturated rings. The Kier molecular flexibility index (Phi) is 3.64. The molecule has 0 saturated carbocycles. The van der Waals surface area contributed by atoms with Gasteiger partial charge in [-0.25, -0.2) is 0 Å². The van der Waals surface area contributed by atoms with Crippen LogP contribution in [0.3, 0.4) is 0 Å². The Labute approximate surface area is 119 Å². The number of rotatable bonds is 3. The summed E-state index contributed by atoms with van der Waals surface area (Å²) in [6.45, 7) is 0.968. The first-order valence-electron chi connectivity index (χ1n) is 6.97. The van der Waals surface area contributed by atoms with Gasteiger partial charge in [0.25, 0.3) is 0 Å². The summed E-state index contributed by atoms with van der Waals surface area (Å²) in [6.07, 6.45) is 5.82. The lowest BCUT2D eigenvalue weighted by Gasteiger charge is -2.28. The van der Waals surface area contributed by atoms with Crippen LogP contribution < -0.4 is 4.90 Å². The van der Waals surface area contributed by atoms with Gasteiger partial charge >= 0.3 is 0 Å². The maximum Gasteiger partial charge on any atom is 0.187 e. The second-order valence-electron chi connectivity index (χ2n) is 4.97. The number of anilines is 1. The molecule has 0 spiro atoms. The van der Waals surface area contributed by atoms with Gasteiger partial charge < -0.3 is 4.90 Å². The van der Waals surface area contributed by atoms with Crippen LogP contribution in [0.1, 0.15) is 22.3 Å². The van der Waals surface area contributed by atoms with Crippen molar-refractivity contribution in [2.75, 3.05) is 11.4 Å². The van der Waals surface area contributed by atoms with Gasteiger partial charge in [-0.2, -0.15) is 0 Å². The molecule has 0 unspecified atom stereocenters. The number of fused-ring (bicyclic) bond motifs is 1. The van der Waals surface area contributed by atoms with Crippen molar-refractivity contribution in [3.63, 3.8) is 0 Å². The molecule has 2 heteroatoms. The number of hydrogen-bond acceptors (Lipinski definition) is 2. The second kappa shape index (κ2) is 5.74. The van der Waals surface area contributed by atoms with Crippen molar-refractivity contribution in [3.8, 4) is 0 Å². The second-order valence-corrected chi connectivity index (χ2v) is 4.97. The fourth-order valence-corrected chi connectivity index (χ4v) is 2.57. The number of hydrogen-bond donors (Lipinski definition) is 0. The van der Waals surface area contributed by atoms with Gasteiger partial charge in [0, 0.05) is 30.1 Å². The van der Waals surface area contributed by atoms with E-state index in [0.717, 1.165) is 24.9 Å². The minimum Gasteiger partial charge on any atom is -0.348 e. The van der Waals surface area contributed by atoms with E-state index in [0.29, 0.717) is 0 Å². The van der Waals surface area contributed by atoms with Gasteiger partial charge in [-0.1, -0.05) is 48.5 Å². The lowest BCUT2D eigenvalue weighted by molar-refractivity contribution is 0.104. The summed E-state index contributed by atoms with van der Waals surface area (Å²) < 4.78 is 0. The highest BCUT2D eigenvalue weighted by Gasteiger charge is 2.14. The maximum atomic E-state index is 12.1. The molecule has 100 valence electrons. The molecule has 2 aromatic carbocycles. The third-order valence-corrected chi connectivity index (χ3v) is 3.61. The van der Waals surface area contributed by atoms with Crippen molar-refractivity contribution in [2.45, 2.75) is 12.8 Å². The number of benzene rings is 2. The Bertz CT molecular complexity index is 631. The van der Waals surface area contributed by atoms with E-state index in [1.807, 2.05) is 42.6 Å². The van der Waals surface area contributed by atoms with Crippen LogP contribution in [-0.4, -0.2) is 12.3 Å². The number of ketones is 1. The van der Waals surface area contributed by atoms with E-state index in [9.17, 15) is 4.79 Å². The Morgan fingerprint density at radius 3 is 2.60 bits per heavy atom. The average molecular weight is 263 g/mol. The van der Waals surface area contributed by atoms with E-state index in [2.05, 4.69) is 23.1 Å². The third-order valence-electron chi connectivity index (χ3n) is 3.61. The van der Waals surface area contributed by atoms with E-state index in [-0.39, 0.29) is 5.78 Å². The number of allylic oxidation sites excluding steroid dienone is 1. The predicted molar refractivity (Wildman–Crippen MR) is 82.0 cm³/mol. The fraction of sp³-hybridized carbons (Fsp3) is 0.167. The van der Waals surface area contributed by atoms with Gasteiger partial charge in [0.2, 0.25) is 0 Å². The molecule has 0 atom stereocenters. The number of carbonyl (C=O) groups excluding carboxylic acids is 1. The minimum atomic E-state index is 0.0497. The van der Waals surface area contributed by atoms with Crippen LogP contribution in [0.2, 0.25) is 0 Å². The zero-order chi connectivity index (χ0) is 13.8. The van der Waals surface area contributed by atoms with Crippen molar-refractivity contribution in [1.29, 1.82) is 0 Å². The van der Waals surface area contributed by atoms with E-state index in [1.54, 1.807) is 6.08 Å². The molecule has 0 N–H and O–H groups in total. The van der Waals surface area contributed by atoms with Crippen LogP contribution in [0.25, 0.3) is 0 Å². The topological polar surface area (TPSA) is 20.3 Å². The fourth-order valence-electron chi connectivity index (χ4n) is 2.57. The Balaban J connectivity index is 1.79. The number of aryl methyl sites for hydroxylation is 1. The molecule has 0 aromatic heterocycles. The van der Waals surface area contributed by atoms with Crippen LogP contribution >= 0.6 is 0 Å². The first kappa shape index (κ1) is 12.7. The molecule has 20 heavy (non-hydrogen) atoms. The Hall–Kier alpha value is -2.35. The summed E-state index contributed by atoms with van der Waals surface area (Å²) in [7, 11) is 0. The first-order chi connectivity index (χ1) is 9.84.